The summed E-state index contributed by atoms with van der Waals surface area (Å²) in [6, 6.07) is 7.67. The molecule has 0 atom stereocenters. The summed E-state index contributed by atoms with van der Waals surface area (Å²) in [5.41, 5.74) is 1.54. The Morgan fingerprint density at radius 3 is 2.46 bits per heavy atom. The SMILES string of the molecule is CC1CCN(C(=O)C2CCN(c3ccc(Cl)cc3C#N)CC2)CC1. The van der Waals surface area contributed by atoms with E-state index in [9.17, 15) is 10.1 Å². The van der Waals surface area contributed by atoms with E-state index in [1.165, 1.54) is 0 Å². The van der Waals surface area contributed by atoms with Crippen LogP contribution in [-0.4, -0.2) is 37.0 Å². The molecule has 2 saturated heterocycles. The average Bonchev–Trinajstić information content (AvgIpc) is 2.62. The Hall–Kier alpha value is -1.73. The quantitative estimate of drug-likeness (QED) is 0.821. The molecule has 1 aromatic rings. The van der Waals surface area contributed by atoms with Crippen LogP contribution in [-0.2, 0) is 4.79 Å². The van der Waals surface area contributed by atoms with Crippen molar-refractivity contribution in [2.24, 2.45) is 11.8 Å². The van der Waals surface area contributed by atoms with Crippen LogP contribution in [0.3, 0.4) is 0 Å². The summed E-state index contributed by atoms with van der Waals surface area (Å²) in [6.45, 7) is 5.72. The zero-order chi connectivity index (χ0) is 17.1. The Bertz CT molecular complexity index is 639. The molecular formula is C19H24ClN3O. The van der Waals surface area contributed by atoms with Gasteiger partial charge in [-0.3, -0.25) is 4.79 Å². The summed E-state index contributed by atoms with van der Waals surface area (Å²) in [5, 5.41) is 9.89. The second-order valence-electron chi connectivity index (χ2n) is 7.04. The van der Waals surface area contributed by atoms with Crippen molar-refractivity contribution < 1.29 is 4.79 Å². The van der Waals surface area contributed by atoms with E-state index in [4.69, 9.17) is 11.6 Å². The number of piperidine rings is 2. The minimum absolute atomic E-state index is 0.132. The van der Waals surface area contributed by atoms with E-state index < -0.39 is 0 Å². The van der Waals surface area contributed by atoms with Gasteiger partial charge in [0.15, 0.2) is 0 Å². The number of hydrogen-bond acceptors (Lipinski definition) is 3. The smallest absolute Gasteiger partial charge is 0.225 e. The number of nitriles is 1. The zero-order valence-corrected chi connectivity index (χ0v) is 14.9. The minimum atomic E-state index is 0.132. The first-order valence-electron chi connectivity index (χ1n) is 8.82. The molecule has 128 valence electrons. The lowest BCUT2D eigenvalue weighted by molar-refractivity contribution is -0.137. The first kappa shape index (κ1) is 17.1. The largest absolute Gasteiger partial charge is 0.370 e. The number of carbonyl (C=O) groups excluding carboxylic acids is 1. The number of likely N-dealkylation sites (tertiary alicyclic amines) is 1. The number of anilines is 1. The number of halogens is 1. The molecule has 5 heteroatoms. The van der Waals surface area contributed by atoms with Crippen molar-refractivity contribution >= 4 is 23.2 Å². The normalized spacial score (nSPS) is 20.0. The van der Waals surface area contributed by atoms with Gasteiger partial charge in [0, 0.05) is 37.1 Å². The van der Waals surface area contributed by atoms with Crippen LogP contribution < -0.4 is 4.90 Å². The molecule has 2 aliphatic heterocycles. The molecule has 0 aliphatic carbocycles. The first-order chi connectivity index (χ1) is 11.6. The molecule has 0 saturated carbocycles. The van der Waals surface area contributed by atoms with Crippen molar-refractivity contribution in [2.45, 2.75) is 32.6 Å². The van der Waals surface area contributed by atoms with Crippen LogP contribution >= 0.6 is 11.6 Å². The van der Waals surface area contributed by atoms with Gasteiger partial charge in [0.2, 0.25) is 5.91 Å². The summed E-state index contributed by atoms with van der Waals surface area (Å²) in [7, 11) is 0. The molecule has 2 fully saturated rings. The fourth-order valence-electron chi connectivity index (χ4n) is 3.73. The second-order valence-corrected chi connectivity index (χ2v) is 7.48. The molecule has 0 spiro atoms. The summed E-state index contributed by atoms with van der Waals surface area (Å²) in [5.74, 6) is 1.20. The summed E-state index contributed by atoms with van der Waals surface area (Å²) < 4.78 is 0. The molecule has 1 amide bonds. The number of benzene rings is 1. The lowest BCUT2D eigenvalue weighted by Gasteiger charge is -2.37. The van der Waals surface area contributed by atoms with Gasteiger partial charge in [0.05, 0.1) is 11.3 Å². The van der Waals surface area contributed by atoms with Gasteiger partial charge in [-0.1, -0.05) is 18.5 Å². The van der Waals surface area contributed by atoms with Gasteiger partial charge in [-0.2, -0.15) is 5.26 Å². The average molecular weight is 346 g/mol. The van der Waals surface area contributed by atoms with Crippen molar-refractivity contribution in [1.29, 1.82) is 5.26 Å². The van der Waals surface area contributed by atoms with Crippen LogP contribution in [0.4, 0.5) is 5.69 Å². The van der Waals surface area contributed by atoms with Crippen LogP contribution in [0.2, 0.25) is 5.02 Å². The van der Waals surface area contributed by atoms with Gasteiger partial charge < -0.3 is 9.80 Å². The molecular weight excluding hydrogens is 322 g/mol. The Kier molecular flexibility index (Phi) is 5.30. The van der Waals surface area contributed by atoms with Crippen LogP contribution in [0.15, 0.2) is 18.2 Å². The van der Waals surface area contributed by atoms with E-state index in [1.807, 2.05) is 12.1 Å². The van der Waals surface area contributed by atoms with Gasteiger partial charge in [-0.25, -0.2) is 0 Å². The Morgan fingerprint density at radius 1 is 1.17 bits per heavy atom. The summed E-state index contributed by atoms with van der Waals surface area (Å²) in [4.78, 5) is 17.0. The van der Waals surface area contributed by atoms with E-state index in [-0.39, 0.29) is 5.92 Å². The lowest BCUT2D eigenvalue weighted by Crippen LogP contribution is -2.45. The number of carbonyl (C=O) groups is 1. The van der Waals surface area contributed by atoms with Crippen molar-refractivity contribution in [2.75, 3.05) is 31.1 Å². The predicted octanol–water partition coefficient (Wildman–Crippen LogP) is 3.69. The van der Waals surface area contributed by atoms with Crippen molar-refractivity contribution in [3.63, 3.8) is 0 Å². The Labute approximate surface area is 149 Å². The molecule has 0 bridgehead atoms. The van der Waals surface area contributed by atoms with Gasteiger partial charge >= 0.3 is 0 Å². The number of rotatable bonds is 2. The van der Waals surface area contributed by atoms with Crippen molar-refractivity contribution in [3.8, 4) is 6.07 Å². The fourth-order valence-corrected chi connectivity index (χ4v) is 3.90. The maximum atomic E-state index is 12.7. The Balaban J connectivity index is 1.60. The third-order valence-electron chi connectivity index (χ3n) is 5.36. The van der Waals surface area contributed by atoms with E-state index in [2.05, 4.69) is 22.8 Å². The fraction of sp³-hybridized carbons (Fsp3) is 0.579. The van der Waals surface area contributed by atoms with Gasteiger partial charge in [-0.05, 0) is 49.8 Å². The number of hydrogen-bond donors (Lipinski definition) is 0. The van der Waals surface area contributed by atoms with Gasteiger partial charge in [0.25, 0.3) is 0 Å². The molecule has 1 aromatic carbocycles. The highest BCUT2D eigenvalue weighted by Gasteiger charge is 2.30. The standard InChI is InChI=1S/C19H24ClN3O/c1-14-4-8-23(9-5-14)19(24)15-6-10-22(11-7-15)18-3-2-17(20)12-16(18)13-21/h2-3,12,14-15H,4-11H2,1H3. The maximum absolute atomic E-state index is 12.7. The van der Waals surface area contributed by atoms with Crippen LogP contribution in [0, 0.1) is 23.2 Å². The maximum Gasteiger partial charge on any atom is 0.225 e. The predicted molar refractivity (Wildman–Crippen MR) is 96.1 cm³/mol. The molecule has 2 heterocycles. The third-order valence-corrected chi connectivity index (χ3v) is 5.59. The Morgan fingerprint density at radius 2 is 1.83 bits per heavy atom. The van der Waals surface area contributed by atoms with Crippen molar-refractivity contribution in [1.82, 2.24) is 4.90 Å². The molecule has 4 nitrogen and oxygen atoms in total. The minimum Gasteiger partial charge on any atom is -0.370 e. The topological polar surface area (TPSA) is 47.3 Å². The van der Waals surface area contributed by atoms with E-state index in [0.29, 0.717) is 16.5 Å². The van der Waals surface area contributed by atoms with E-state index in [1.54, 1.807) is 6.07 Å². The monoisotopic (exact) mass is 345 g/mol. The molecule has 2 aliphatic rings. The van der Waals surface area contributed by atoms with E-state index >= 15 is 0 Å². The summed E-state index contributed by atoms with van der Waals surface area (Å²) in [6.07, 6.45) is 3.97. The molecule has 0 unspecified atom stereocenters. The highest BCUT2D eigenvalue weighted by atomic mass is 35.5. The van der Waals surface area contributed by atoms with Crippen LogP contribution in [0.1, 0.15) is 38.2 Å². The molecule has 24 heavy (non-hydrogen) atoms. The summed E-state index contributed by atoms with van der Waals surface area (Å²) >= 11 is 5.98. The van der Waals surface area contributed by atoms with E-state index in [0.717, 1.165) is 63.5 Å². The second kappa shape index (κ2) is 7.44. The lowest BCUT2D eigenvalue weighted by atomic mass is 9.92. The van der Waals surface area contributed by atoms with Crippen LogP contribution in [0.5, 0.6) is 0 Å². The number of nitrogens with zero attached hydrogens (tertiary/aromatic N) is 3. The molecule has 0 aromatic heterocycles. The van der Waals surface area contributed by atoms with Gasteiger partial charge in [-0.15, -0.1) is 0 Å². The molecule has 0 radical (unpaired) electrons. The van der Waals surface area contributed by atoms with Crippen molar-refractivity contribution in [3.05, 3.63) is 28.8 Å². The highest BCUT2D eigenvalue weighted by molar-refractivity contribution is 6.30. The van der Waals surface area contributed by atoms with Crippen LogP contribution in [0.25, 0.3) is 0 Å². The third kappa shape index (κ3) is 3.67. The highest BCUT2D eigenvalue weighted by Crippen LogP contribution is 2.29. The molecule has 0 N–H and O–H groups in total. The molecule has 3 rings (SSSR count). The number of amides is 1. The first-order valence-corrected chi connectivity index (χ1v) is 9.19. The van der Waals surface area contributed by atoms with Gasteiger partial charge in [0.1, 0.15) is 6.07 Å². The zero-order valence-electron chi connectivity index (χ0n) is 14.2.